The molecule has 0 aromatic rings. The summed E-state index contributed by atoms with van der Waals surface area (Å²) in [4.78, 5) is 15.9. The predicted molar refractivity (Wildman–Crippen MR) is 58.1 cm³/mol. The van der Waals surface area contributed by atoms with Gasteiger partial charge in [-0.15, -0.1) is 0 Å². The average Bonchev–Trinajstić information content (AvgIpc) is 1.99. The number of rotatable bonds is 4. The molecule has 0 aliphatic heterocycles. The Bertz CT molecular complexity index is 199. The van der Waals surface area contributed by atoms with Crippen molar-refractivity contribution in [1.29, 1.82) is 0 Å². The maximum absolute atomic E-state index is 11.4. The second-order valence-electron chi connectivity index (χ2n) is 4.83. The van der Waals surface area contributed by atoms with Crippen LogP contribution in [0.25, 0.3) is 0 Å². The molecule has 3 N–H and O–H groups in total. The molecule has 0 aliphatic carbocycles. The van der Waals surface area contributed by atoms with Gasteiger partial charge in [0.25, 0.3) is 0 Å². The summed E-state index contributed by atoms with van der Waals surface area (Å²) in [5.41, 5.74) is -0.491. The van der Waals surface area contributed by atoms with Gasteiger partial charge in [-0.2, -0.15) is 0 Å². The highest BCUT2D eigenvalue weighted by molar-refractivity contribution is 5.68. The molecule has 15 heavy (non-hydrogen) atoms. The number of nitrogens with two attached hydrogens (primary N) is 1. The van der Waals surface area contributed by atoms with Crippen LogP contribution in [0.5, 0.6) is 0 Å². The van der Waals surface area contributed by atoms with Gasteiger partial charge in [0.05, 0.1) is 12.6 Å². The Morgan fingerprint density at radius 3 is 2.27 bits per heavy atom. The Balaban J connectivity index is 4.11. The maximum Gasteiger partial charge on any atom is 0.407 e. The van der Waals surface area contributed by atoms with Crippen LogP contribution in [-0.4, -0.2) is 24.3 Å². The highest BCUT2D eigenvalue weighted by Crippen LogP contribution is 2.08. The van der Waals surface area contributed by atoms with E-state index in [0.717, 1.165) is 0 Å². The molecule has 1 atom stereocenters. The molecule has 0 aromatic heterocycles. The van der Waals surface area contributed by atoms with Crippen LogP contribution in [0.1, 0.15) is 34.6 Å². The van der Waals surface area contributed by atoms with E-state index in [4.69, 9.17) is 10.6 Å². The summed E-state index contributed by atoms with van der Waals surface area (Å²) in [5.74, 6) is 5.22. The van der Waals surface area contributed by atoms with Gasteiger partial charge in [-0.05, 0) is 26.7 Å². The van der Waals surface area contributed by atoms with Crippen LogP contribution in [0.4, 0.5) is 4.79 Å². The third-order valence-corrected chi connectivity index (χ3v) is 1.78. The van der Waals surface area contributed by atoms with Gasteiger partial charge in [-0.3, -0.25) is 0 Å². The van der Waals surface area contributed by atoms with Crippen molar-refractivity contribution in [2.75, 3.05) is 6.61 Å². The molecule has 90 valence electrons. The van der Waals surface area contributed by atoms with Crippen molar-refractivity contribution in [2.24, 2.45) is 11.8 Å². The molecule has 0 unspecified atom stereocenters. The van der Waals surface area contributed by atoms with Crippen LogP contribution in [0.3, 0.4) is 0 Å². The summed E-state index contributed by atoms with van der Waals surface area (Å²) in [5, 5.41) is 2.71. The molecule has 0 rings (SSSR count). The van der Waals surface area contributed by atoms with E-state index in [2.05, 4.69) is 10.2 Å². The van der Waals surface area contributed by atoms with Crippen molar-refractivity contribution in [2.45, 2.75) is 46.3 Å². The number of hydrogen-bond donors (Lipinski definition) is 2. The van der Waals surface area contributed by atoms with Crippen molar-refractivity contribution in [1.82, 2.24) is 5.32 Å². The largest absolute Gasteiger partial charge is 0.444 e. The number of alkyl carbamates (subject to hydrolysis) is 1. The van der Waals surface area contributed by atoms with Crippen molar-refractivity contribution < 1.29 is 14.4 Å². The SMILES string of the molecule is CC(C)[C@H](CON)NC(=O)OC(C)(C)C. The zero-order chi connectivity index (χ0) is 12.1. The monoisotopic (exact) mass is 218 g/mol. The second kappa shape index (κ2) is 5.92. The lowest BCUT2D eigenvalue weighted by Gasteiger charge is -2.25. The minimum absolute atomic E-state index is 0.134. The third-order valence-electron chi connectivity index (χ3n) is 1.78. The van der Waals surface area contributed by atoms with E-state index in [9.17, 15) is 4.79 Å². The van der Waals surface area contributed by atoms with E-state index in [1.54, 1.807) is 0 Å². The predicted octanol–water partition coefficient (Wildman–Crippen LogP) is 1.43. The smallest absolute Gasteiger partial charge is 0.407 e. The van der Waals surface area contributed by atoms with Crippen LogP contribution in [0, 0.1) is 5.92 Å². The molecule has 0 saturated carbocycles. The Morgan fingerprint density at radius 2 is 1.93 bits per heavy atom. The van der Waals surface area contributed by atoms with Crippen molar-refractivity contribution in [3.05, 3.63) is 0 Å². The number of amides is 1. The first-order chi connectivity index (χ1) is 6.76. The number of hydrogen-bond acceptors (Lipinski definition) is 4. The fourth-order valence-corrected chi connectivity index (χ4v) is 0.963. The van der Waals surface area contributed by atoms with Crippen LogP contribution < -0.4 is 11.2 Å². The van der Waals surface area contributed by atoms with Gasteiger partial charge in [-0.25, -0.2) is 10.7 Å². The van der Waals surface area contributed by atoms with E-state index in [-0.39, 0.29) is 18.6 Å². The molecule has 0 spiro atoms. The van der Waals surface area contributed by atoms with E-state index in [1.807, 2.05) is 34.6 Å². The Kier molecular flexibility index (Phi) is 5.60. The van der Waals surface area contributed by atoms with Crippen LogP contribution in [0.15, 0.2) is 0 Å². The maximum atomic E-state index is 11.4. The van der Waals surface area contributed by atoms with Crippen LogP contribution in [-0.2, 0) is 9.57 Å². The lowest BCUT2D eigenvalue weighted by molar-refractivity contribution is 0.0406. The second-order valence-corrected chi connectivity index (χ2v) is 4.83. The van der Waals surface area contributed by atoms with E-state index in [1.165, 1.54) is 0 Å². The third kappa shape index (κ3) is 7.16. The lowest BCUT2D eigenvalue weighted by atomic mass is 10.1. The van der Waals surface area contributed by atoms with Gasteiger partial charge < -0.3 is 14.9 Å². The Morgan fingerprint density at radius 1 is 1.40 bits per heavy atom. The van der Waals surface area contributed by atoms with Gasteiger partial charge in [0.15, 0.2) is 0 Å². The number of carbonyl (C=O) groups excluding carboxylic acids is 1. The fourth-order valence-electron chi connectivity index (χ4n) is 0.963. The topological polar surface area (TPSA) is 73.6 Å². The molecule has 1 amide bonds. The molecule has 0 saturated heterocycles. The van der Waals surface area contributed by atoms with Gasteiger partial charge >= 0.3 is 6.09 Å². The molecular weight excluding hydrogens is 196 g/mol. The van der Waals surface area contributed by atoms with E-state index < -0.39 is 11.7 Å². The summed E-state index contributed by atoms with van der Waals surface area (Å²) < 4.78 is 5.12. The lowest BCUT2D eigenvalue weighted by Crippen LogP contribution is -2.44. The van der Waals surface area contributed by atoms with Gasteiger partial charge in [0, 0.05) is 0 Å². The quantitative estimate of drug-likeness (QED) is 0.700. The van der Waals surface area contributed by atoms with E-state index >= 15 is 0 Å². The van der Waals surface area contributed by atoms with Gasteiger partial charge in [0.2, 0.25) is 0 Å². The molecule has 0 aliphatic rings. The first kappa shape index (κ1) is 14.2. The molecule has 0 fully saturated rings. The van der Waals surface area contributed by atoms with Gasteiger partial charge in [0.1, 0.15) is 5.60 Å². The number of ether oxygens (including phenoxy) is 1. The molecule has 0 bridgehead atoms. The minimum atomic E-state index is -0.491. The van der Waals surface area contributed by atoms with Crippen molar-refractivity contribution in [3.8, 4) is 0 Å². The molecule has 0 aromatic carbocycles. The summed E-state index contributed by atoms with van der Waals surface area (Å²) in [6.45, 7) is 9.67. The van der Waals surface area contributed by atoms with E-state index in [0.29, 0.717) is 0 Å². The number of carbonyl (C=O) groups is 1. The molecular formula is C10H22N2O3. The fraction of sp³-hybridized carbons (Fsp3) is 0.900. The van der Waals surface area contributed by atoms with Crippen molar-refractivity contribution in [3.63, 3.8) is 0 Å². The first-order valence-corrected chi connectivity index (χ1v) is 5.07. The molecule has 5 nitrogen and oxygen atoms in total. The van der Waals surface area contributed by atoms with Crippen LogP contribution in [0.2, 0.25) is 0 Å². The van der Waals surface area contributed by atoms with Gasteiger partial charge in [-0.1, -0.05) is 13.8 Å². The normalized spacial score (nSPS) is 13.8. The summed E-state index contributed by atoms with van der Waals surface area (Å²) in [6.07, 6.45) is -0.446. The molecule has 0 heterocycles. The zero-order valence-electron chi connectivity index (χ0n) is 10.2. The summed E-state index contributed by atoms with van der Waals surface area (Å²) in [7, 11) is 0. The Labute approximate surface area is 91.3 Å². The highest BCUT2D eigenvalue weighted by atomic mass is 16.6. The first-order valence-electron chi connectivity index (χ1n) is 5.07. The molecule has 0 radical (unpaired) electrons. The van der Waals surface area contributed by atoms with Crippen LogP contribution >= 0.6 is 0 Å². The average molecular weight is 218 g/mol. The Hall–Kier alpha value is -0.810. The summed E-state index contributed by atoms with van der Waals surface area (Å²) >= 11 is 0. The highest BCUT2D eigenvalue weighted by Gasteiger charge is 2.21. The minimum Gasteiger partial charge on any atom is -0.444 e. The van der Waals surface area contributed by atoms with Crippen molar-refractivity contribution >= 4 is 6.09 Å². The molecule has 5 heteroatoms. The number of nitrogens with one attached hydrogen (secondary N) is 1. The summed E-state index contributed by atoms with van der Waals surface area (Å²) in [6, 6.07) is -0.134. The zero-order valence-corrected chi connectivity index (χ0v) is 10.2. The standard InChI is InChI=1S/C10H22N2O3/c1-7(2)8(6-14-11)12-9(13)15-10(3,4)5/h7-8H,6,11H2,1-5H3,(H,12,13)/t8-/m0/s1.